The van der Waals surface area contributed by atoms with Crippen LogP contribution in [0, 0.1) is 0 Å². The zero-order valence-electron chi connectivity index (χ0n) is 12.7. The predicted octanol–water partition coefficient (Wildman–Crippen LogP) is 3.92. The third-order valence-electron chi connectivity index (χ3n) is 4.15. The van der Waals surface area contributed by atoms with Crippen molar-refractivity contribution in [1.29, 1.82) is 0 Å². The number of rotatable bonds is 2. The fraction of sp³-hybridized carbons (Fsp3) is 0.167. The van der Waals surface area contributed by atoms with Crippen LogP contribution >= 0.6 is 0 Å². The summed E-state index contributed by atoms with van der Waals surface area (Å²) in [6.45, 7) is 2.14. The van der Waals surface area contributed by atoms with Crippen LogP contribution in [-0.4, -0.2) is 16.0 Å². The molecule has 1 atom stereocenters. The average molecular weight is 304 g/mol. The standard InChI is InChI=1S/C18H16N4O/c1-18(14-10-6-3-7-11-14)12-15(13-8-4-2-5-9-13)19-16-17(20-18)22-23-21-16/h2-11H,12H2,1H3,(H,20,22). The Kier molecular flexibility index (Phi) is 3.19. The van der Waals surface area contributed by atoms with Gasteiger partial charge in [-0.25, -0.2) is 9.62 Å². The van der Waals surface area contributed by atoms with Crippen LogP contribution in [0.1, 0.15) is 24.5 Å². The minimum Gasteiger partial charge on any atom is -0.354 e. The zero-order valence-corrected chi connectivity index (χ0v) is 12.7. The Balaban J connectivity index is 1.85. The second-order valence-electron chi connectivity index (χ2n) is 5.86. The first-order chi connectivity index (χ1) is 11.2. The van der Waals surface area contributed by atoms with Gasteiger partial charge in [-0.2, -0.15) is 0 Å². The van der Waals surface area contributed by atoms with E-state index in [2.05, 4.69) is 51.8 Å². The highest BCUT2D eigenvalue weighted by atomic mass is 16.6. The van der Waals surface area contributed by atoms with Crippen molar-refractivity contribution in [3.05, 3.63) is 71.8 Å². The van der Waals surface area contributed by atoms with Crippen molar-refractivity contribution in [2.24, 2.45) is 4.99 Å². The molecule has 3 aromatic rings. The average Bonchev–Trinajstić information content (AvgIpc) is 2.96. The molecule has 1 aromatic heterocycles. The van der Waals surface area contributed by atoms with Crippen molar-refractivity contribution in [1.82, 2.24) is 10.3 Å². The minimum atomic E-state index is -0.347. The number of aliphatic imine (C=N–C) groups is 1. The third-order valence-corrected chi connectivity index (χ3v) is 4.15. The second kappa shape index (κ2) is 5.35. The van der Waals surface area contributed by atoms with Gasteiger partial charge in [0.05, 0.1) is 11.3 Å². The number of anilines is 1. The van der Waals surface area contributed by atoms with Crippen molar-refractivity contribution in [3.63, 3.8) is 0 Å². The Hall–Kier alpha value is -2.95. The van der Waals surface area contributed by atoms with Gasteiger partial charge in [-0.1, -0.05) is 60.7 Å². The van der Waals surface area contributed by atoms with Gasteiger partial charge in [-0.3, -0.25) is 0 Å². The highest BCUT2D eigenvalue weighted by Crippen LogP contribution is 2.37. The molecule has 114 valence electrons. The van der Waals surface area contributed by atoms with Crippen LogP contribution in [0.5, 0.6) is 0 Å². The van der Waals surface area contributed by atoms with Crippen LogP contribution in [0.2, 0.25) is 0 Å². The molecular formula is C18H16N4O. The lowest BCUT2D eigenvalue weighted by molar-refractivity contribution is 0.308. The Bertz CT molecular complexity index is 842. The van der Waals surface area contributed by atoms with Crippen molar-refractivity contribution >= 4 is 17.3 Å². The molecule has 0 spiro atoms. The fourth-order valence-corrected chi connectivity index (χ4v) is 2.92. The summed E-state index contributed by atoms with van der Waals surface area (Å²) in [7, 11) is 0. The largest absolute Gasteiger partial charge is 0.354 e. The van der Waals surface area contributed by atoms with Crippen LogP contribution in [0.15, 0.2) is 70.3 Å². The van der Waals surface area contributed by atoms with E-state index < -0.39 is 0 Å². The highest BCUT2D eigenvalue weighted by Gasteiger charge is 2.33. The lowest BCUT2D eigenvalue weighted by atomic mass is 9.85. The highest BCUT2D eigenvalue weighted by molar-refractivity contribution is 6.03. The third kappa shape index (κ3) is 2.50. The van der Waals surface area contributed by atoms with E-state index in [0.29, 0.717) is 11.6 Å². The summed E-state index contributed by atoms with van der Waals surface area (Å²) in [5.41, 5.74) is 2.85. The summed E-state index contributed by atoms with van der Waals surface area (Å²) < 4.78 is 4.87. The van der Waals surface area contributed by atoms with E-state index in [1.54, 1.807) is 0 Å². The monoisotopic (exact) mass is 304 g/mol. The molecule has 4 rings (SSSR count). The zero-order chi connectivity index (χ0) is 15.7. The smallest absolute Gasteiger partial charge is 0.241 e. The van der Waals surface area contributed by atoms with Crippen LogP contribution in [0.3, 0.4) is 0 Å². The van der Waals surface area contributed by atoms with Crippen molar-refractivity contribution in [2.45, 2.75) is 18.9 Å². The predicted molar refractivity (Wildman–Crippen MR) is 89.0 cm³/mol. The summed E-state index contributed by atoms with van der Waals surface area (Å²) in [5.74, 6) is 1.06. The van der Waals surface area contributed by atoms with Gasteiger partial charge in [0.25, 0.3) is 0 Å². The van der Waals surface area contributed by atoms with E-state index in [9.17, 15) is 0 Å². The number of hydrogen-bond donors (Lipinski definition) is 1. The number of fused-ring (bicyclic) bond motifs is 1. The number of aromatic nitrogens is 2. The molecule has 23 heavy (non-hydrogen) atoms. The second-order valence-corrected chi connectivity index (χ2v) is 5.86. The summed E-state index contributed by atoms with van der Waals surface area (Å²) in [6, 6.07) is 20.4. The molecule has 0 saturated heterocycles. The van der Waals surface area contributed by atoms with Gasteiger partial charge in [0.2, 0.25) is 11.6 Å². The Morgan fingerprint density at radius 1 is 0.957 bits per heavy atom. The van der Waals surface area contributed by atoms with Gasteiger partial charge in [-0.15, -0.1) is 0 Å². The molecule has 5 heteroatoms. The van der Waals surface area contributed by atoms with Gasteiger partial charge in [-0.05, 0) is 28.4 Å². The maximum atomic E-state index is 4.87. The van der Waals surface area contributed by atoms with E-state index in [-0.39, 0.29) is 5.54 Å². The van der Waals surface area contributed by atoms with Crippen LogP contribution < -0.4 is 5.32 Å². The molecule has 5 nitrogen and oxygen atoms in total. The molecule has 2 aromatic carbocycles. The van der Waals surface area contributed by atoms with Crippen LogP contribution in [0.4, 0.5) is 11.6 Å². The Morgan fingerprint density at radius 3 is 2.39 bits per heavy atom. The first-order valence-electron chi connectivity index (χ1n) is 7.54. The van der Waals surface area contributed by atoms with Crippen LogP contribution in [0.25, 0.3) is 0 Å². The van der Waals surface area contributed by atoms with Crippen molar-refractivity contribution < 1.29 is 4.63 Å². The van der Waals surface area contributed by atoms with Gasteiger partial charge in [0, 0.05) is 6.42 Å². The molecule has 1 N–H and O–H groups in total. The van der Waals surface area contributed by atoms with E-state index >= 15 is 0 Å². The molecule has 0 bridgehead atoms. The quantitative estimate of drug-likeness (QED) is 0.779. The van der Waals surface area contributed by atoms with Gasteiger partial charge < -0.3 is 5.32 Å². The maximum Gasteiger partial charge on any atom is 0.241 e. The number of benzene rings is 2. The Morgan fingerprint density at radius 2 is 1.65 bits per heavy atom. The first-order valence-corrected chi connectivity index (χ1v) is 7.54. The number of hydrogen-bond acceptors (Lipinski definition) is 5. The maximum absolute atomic E-state index is 4.87. The molecule has 0 saturated carbocycles. The summed E-state index contributed by atoms with van der Waals surface area (Å²) >= 11 is 0. The van der Waals surface area contributed by atoms with E-state index in [1.807, 2.05) is 36.4 Å². The Labute approximate surface area is 134 Å². The lowest BCUT2D eigenvalue weighted by Crippen LogP contribution is -2.34. The molecule has 2 heterocycles. The molecule has 0 amide bonds. The molecule has 0 aliphatic carbocycles. The molecule has 0 fully saturated rings. The molecular weight excluding hydrogens is 288 g/mol. The topological polar surface area (TPSA) is 63.3 Å². The van der Waals surface area contributed by atoms with Gasteiger partial charge >= 0.3 is 0 Å². The van der Waals surface area contributed by atoms with Gasteiger partial charge in [0.1, 0.15) is 0 Å². The number of nitrogens with zero attached hydrogens (tertiary/aromatic N) is 3. The fourth-order valence-electron chi connectivity index (χ4n) is 2.92. The normalized spacial score (nSPS) is 20.1. The molecule has 1 aliphatic rings. The van der Waals surface area contributed by atoms with E-state index in [4.69, 9.17) is 4.63 Å². The van der Waals surface area contributed by atoms with E-state index in [1.165, 1.54) is 5.56 Å². The number of nitrogens with one attached hydrogen (secondary N) is 1. The molecule has 1 aliphatic heterocycles. The van der Waals surface area contributed by atoms with E-state index in [0.717, 1.165) is 17.7 Å². The minimum absolute atomic E-state index is 0.347. The summed E-state index contributed by atoms with van der Waals surface area (Å²) in [6.07, 6.45) is 0.721. The molecule has 0 radical (unpaired) electrons. The molecule has 1 unspecified atom stereocenters. The van der Waals surface area contributed by atoms with Gasteiger partial charge in [0.15, 0.2) is 0 Å². The summed E-state index contributed by atoms with van der Waals surface area (Å²) in [5, 5.41) is 11.3. The first kappa shape index (κ1) is 13.7. The van der Waals surface area contributed by atoms with Crippen molar-refractivity contribution in [2.75, 3.05) is 5.32 Å². The SMILES string of the molecule is CC1(c2ccccc2)CC(c2ccccc2)=Nc2nonc2N1. The van der Waals surface area contributed by atoms with Crippen LogP contribution in [-0.2, 0) is 5.54 Å². The van der Waals surface area contributed by atoms with Crippen molar-refractivity contribution in [3.8, 4) is 0 Å². The summed E-state index contributed by atoms with van der Waals surface area (Å²) in [4.78, 5) is 4.68. The lowest BCUT2D eigenvalue weighted by Gasteiger charge is -2.30.